The molecular weight excluding hydrogens is 447 g/mol. The molecule has 0 atom stereocenters. The Labute approximate surface area is 190 Å². The second-order valence-electron chi connectivity index (χ2n) is 6.93. The summed E-state index contributed by atoms with van der Waals surface area (Å²) in [5.41, 5.74) is 2.72. The highest BCUT2D eigenvalue weighted by Crippen LogP contribution is 2.32. The normalized spacial score (nSPS) is 14.8. The number of thiocarbonyl (C=S) groups is 1. The van der Waals surface area contributed by atoms with E-state index in [1.54, 1.807) is 6.07 Å². The molecule has 2 N–H and O–H groups in total. The summed E-state index contributed by atoms with van der Waals surface area (Å²) in [6, 6.07) is 13.7. The first kappa shape index (κ1) is 20.5. The van der Waals surface area contributed by atoms with Crippen molar-refractivity contribution < 1.29 is 0 Å². The van der Waals surface area contributed by atoms with Crippen molar-refractivity contribution in [1.29, 1.82) is 0 Å². The van der Waals surface area contributed by atoms with E-state index in [4.69, 9.17) is 47.0 Å². The number of hydrogen-bond acceptors (Lipinski definition) is 3. The lowest BCUT2D eigenvalue weighted by atomic mass is 10.0. The van der Waals surface area contributed by atoms with E-state index >= 15 is 0 Å². The van der Waals surface area contributed by atoms with Crippen molar-refractivity contribution in [3.63, 3.8) is 0 Å². The van der Waals surface area contributed by atoms with Gasteiger partial charge in [-0.05, 0) is 49.3 Å². The zero-order chi connectivity index (χ0) is 20.4. The topological polar surface area (TPSA) is 40.2 Å². The molecule has 1 aliphatic heterocycles. The van der Waals surface area contributed by atoms with Gasteiger partial charge in [-0.3, -0.25) is 4.98 Å². The number of piperidine rings is 1. The van der Waals surface area contributed by atoms with Crippen molar-refractivity contribution in [2.24, 2.45) is 0 Å². The minimum absolute atomic E-state index is 0.292. The second-order valence-corrected chi connectivity index (χ2v) is 8.53. The van der Waals surface area contributed by atoms with Crippen LogP contribution in [0, 0.1) is 0 Å². The van der Waals surface area contributed by atoms with E-state index in [-0.39, 0.29) is 0 Å². The Bertz CT molecular complexity index is 1050. The second kappa shape index (κ2) is 8.92. The molecule has 4 nitrogen and oxygen atoms in total. The molecule has 1 saturated heterocycles. The van der Waals surface area contributed by atoms with Crippen LogP contribution < -0.4 is 15.5 Å². The van der Waals surface area contributed by atoms with Crippen molar-refractivity contribution in [3.8, 4) is 0 Å². The quantitative estimate of drug-likeness (QED) is 0.454. The molecule has 0 spiro atoms. The number of nitrogens with zero attached hydrogens (tertiary/aromatic N) is 2. The molecule has 0 unspecified atom stereocenters. The molecule has 1 aromatic heterocycles. The third-order valence-corrected chi connectivity index (χ3v) is 6.41. The van der Waals surface area contributed by atoms with Crippen LogP contribution in [-0.2, 0) is 0 Å². The first-order valence-corrected chi connectivity index (χ1v) is 10.9. The predicted octanol–water partition coefficient (Wildman–Crippen LogP) is 6.15. The third-order valence-electron chi connectivity index (χ3n) is 5.07. The van der Waals surface area contributed by atoms with Gasteiger partial charge in [0.05, 0.1) is 26.3 Å². The number of halogens is 3. The molecule has 2 heterocycles. The average molecular weight is 466 g/mol. The summed E-state index contributed by atoms with van der Waals surface area (Å²) in [7, 11) is 0. The van der Waals surface area contributed by atoms with Crippen LogP contribution in [0.1, 0.15) is 12.8 Å². The minimum Gasteiger partial charge on any atom is -0.371 e. The Kier molecular flexibility index (Phi) is 6.30. The van der Waals surface area contributed by atoms with Crippen molar-refractivity contribution >= 4 is 74.4 Å². The summed E-state index contributed by atoms with van der Waals surface area (Å²) < 4.78 is 0. The van der Waals surface area contributed by atoms with E-state index in [1.165, 1.54) is 5.69 Å². The number of fused-ring (bicyclic) bond motifs is 1. The number of benzene rings is 2. The van der Waals surface area contributed by atoms with Gasteiger partial charge in [0, 0.05) is 36.4 Å². The summed E-state index contributed by atoms with van der Waals surface area (Å²) in [5.74, 6) is 0. The standard InChI is InChI=1S/C21H19Cl3N4S/c22-15-4-2-6-17(19(15)24)27-21(29)26-13-8-11-28(12-9-13)18-7-10-25-20-14(18)3-1-5-16(20)23/h1-7,10,13H,8-9,11-12H2,(H2,26,27,29). The summed E-state index contributed by atoms with van der Waals surface area (Å²) >= 11 is 24.0. The molecule has 8 heteroatoms. The van der Waals surface area contributed by atoms with Crippen molar-refractivity contribution in [2.75, 3.05) is 23.3 Å². The molecule has 1 fully saturated rings. The fraction of sp³-hybridized carbons (Fsp3) is 0.238. The molecule has 4 rings (SSSR count). The van der Waals surface area contributed by atoms with Crippen LogP contribution in [0.3, 0.4) is 0 Å². The molecule has 0 aliphatic carbocycles. The monoisotopic (exact) mass is 464 g/mol. The van der Waals surface area contributed by atoms with Crippen LogP contribution in [0.2, 0.25) is 15.1 Å². The van der Waals surface area contributed by atoms with Gasteiger partial charge in [-0.15, -0.1) is 0 Å². The number of aromatic nitrogens is 1. The fourth-order valence-corrected chi connectivity index (χ4v) is 4.46. The Morgan fingerprint density at radius 1 is 1.00 bits per heavy atom. The Morgan fingerprint density at radius 3 is 2.52 bits per heavy atom. The molecule has 2 aromatic carbocycles. The Morgan fingerprint density at radius 2 is 1.72 bits per heavy atom. The first-order valence-electron chi connectivity index (χ1n) is 9.32. The third kappa shape index (κ3) is 4.53. The number of hydrogen-bond donors (Lipinski definition) is 2. The molecule has 0 saturated carbocycles. The zero-order valence-electron chi connectivity index (χ0n) is 15.5. The highest BCUT2D eigenvalue weighted by Gasteiger charge is 2.22. The van der Waals surface area contributed by atoms with E-state index in [1.807, 2.05) is 30.5 Å². The van der Waals surface area contributed by atoms with Crippen LogP contribution in [0.4, 0.5) is 11.4 Å². The smallest absolute Gasteiger partial charge is 0.171 e. The van der Waals surface area contributed by atoms with Crippen molar-refractivity contribution in [2.45, 2.75) is 18.9 Å². The van der Waals surface area contributed by atoms with E-state index in [2.05, 4.69) is 32.7 Å². The summed E-state index contributed by atoms with van der Waals surface area (Å²) in [5, 5.41) is 9.81. The zero-order valence-corrected chi connectivity index (χ0v) is 18.5. The van der Waals surface area contributed by atoms with Crippen LogP contribution in [0.5, 0.6) is 0 Å². The summed E-state index contributed by atoms with van der Waals surface area (Å²) in [6.07, 6.45) is 3.76. The van der Waals surface area contributed by atoms with Crippen LogP contribution in [0.25, 0.3) is 10.9 Å². The van der Waals surface area contributed by atoms with Crippen molar-refractivity contribution in [1.82, 2.24) is 10.3 Å². The molecule has 0 radical (unpaired) electrons. The molecule has 3 aromatic rings. The number of anilines is 2. The number of pyridine rings is 1. The Balaban J connectivity index is 1.38. The Hall–Kier alpha value is -1.79. The highest BCUT2D eigenvalue weighted by atomic mass is 35.5. The SMILES string of the molecule is S=C(Nc1cccc(Cl)c1Cl)NC1CCN(c2ccnc3c(Cl)cccc23)CC1. The van der Waals surface area contributed by atoms with Crippen LogP contribution >= 0.6 is 47.0 Å². The molecular formula is C21H19Cl3N4S. The van der Waals surface area contributed by atoms with Crippen molar-refractivity contribution in [3.05, 3.63) is 63.7 Å². The van der Waals surface area contributed by atoms with Gasteiger partial charge in [0.25, 0.3) is 0 Å². The number of rotatable bonds is 3. The van der Waals surface area contributed by atoms with E-state index in [0.29, 0.717) is 31.9 Å². The van der Waals surface area contributed by atoms with Gasteiger partial charge in [-0.1, -0.05) is 53.0 Å². The fourth-order valence-electron chi connectivity index (χ4n) is 3.61. The predicted molar refractivity (Wildman–Crippen MR) is 128 cm³/mol. The van der Waals surface area contributed by atoms with E-state index in [0.717, 1.165) is 36.8 Å². The molecule has 1 aliphatic rings. The van der Waals surface area contributed by atoms with E-state index < -0.39 is 0 Å². The van der Waals surface area contributed by atoms with Gasteiger partial charge >= 0.3 is 0 Å². The van der Waals surface area contributed by atoms with Gasteiger partial charge in [0.2, 0.25) is 0 Å². The number of para-hydroxylation sites is 1. The minimum atomic E-state index is 0.292. The maximum absolute atomic E-state index is 6.31. The maximum atomic E-state index is 6.31. The average Bonchev–Trinajstić information content (AvgIpc) is 2.72. The molecule has 0 bridgehead atoms. The van der Waals surface area contributed by atoms with Gasteiger partial charge in [0.1, 0.15) is 0 Å². The summed E-state index contributed by atoms with van der Waals surface area (Å²) in [6.45, 7) is 1.84. The van der Waals surface area contributed by atoms with E-state index in [9.17, 15) is 0 Å². The molecule has 29 heavy (non-hydrogen) atoms. The first-order chi connectivity index (χ1) is 14.0. The van der Waals surface area contributed by atoms with Crippen LogP contribution in [-0.4, -0.2) is 29.2 Å². The van der Waals surface area contributed by atoms with Gasteiger partial charge in [-0.25, -0.2) is 0 Å². The van der Waals surface area contributed by atoms with Crippen LogP contribution in [0.15, 0.2) is 48.7 Å². The van der Waals surface area contributed by atoms with Gasteiger partial charge in [-0.2, -0.15) is 0 Å². The highest BCUT2D eigenvalue weighted by molar-refractivity contribution is 7.80. The van der Waals surface area contributed by atoms with Gasteiger partial charge < -0.3 is 15.5 Å². The summed E-state index contributed by atoms with van der Waals surface area (Å²) in [4.78, 5) is 6.80. The van der Waals surface area contributed by atoms with Gasteiger partial charge in [0.15, 0.2) is 5.11 Å². The lowest BCUT2D eigenvalue weighted by Crippen LogP contribution is -2.46. The molecule has 0 amide bonds. The molecule has 150 valence electrons. The lowest BCUT2D eigenvalue weighted by molar-refractivity contribution is 0.468. The lowest BCUT2D eigenvalue weighted by Gasteiger charge is -2.35. The maximum Gasteiger partial charge on any atom is 0.171 e. The number of nitrogens with one attached hydrogen (secondary N) is 2. The largest absolute Gasteiger partial charge is 0.371 e.